The SMILES string of the molecule is CCCNCC(CCc1cccs1)c1ccccc1. The lowest BCUT2D eigenvalue weighted by atomic mass is 9.94. The first-order chi connectivity index (χ1) is 9.40. The number of rotatable bonds is 8. The first kappa shape index (κ1) is 14.3. The average Bonchev–Trinajstić information content (AvgIpc) is 2.97. The highest BCUT2D eigenvalue weighted by Gasteiger charge is 2.11. The number of hydrogen-bond donors (Lipinski definition) is 1. The molecule has 1 aromatic heterocycles. The van der Waals surface area contributed by atoms with Crippen LogP contribution in [0.15, 0.2) is 47.8 Å². The van der Waals surface area contributed by atoms with E-state index in [0.29, 0.717) is 5.92 Å². The van der Waals surface area contributed by atoms with Gasteiger partial charge < -0.3 is 5.32 Å². The molecule has 0 aliphatic heterocycles. The van der Waals surface area contributed by atoms with Crippen LogP contribution in [0.5, 0.6) is 0 Å². The van der Waals surface area contributed by atoms with E-state index in [-0.39, 0.29) is 0 Å². The van der Waals surface area contributed by atoms with Gasteiger partial charge in [-0.1, -0.05) is 43.3 Å². The first-order valence-corrected chi connectivity index (χ1v) is 8.06. The zero-order chi connectivity index (χ0) is 13.3. The van der Waals surface area contributed by atoms with Crippen molar-refractivity contribution in [3.05, 3.63) is 58.3 Å². The molecule has 2 aromatic rings. The van der Waals surface area contributed by atoms with E-state index in [0.717, 1.165) is 13.1 Å². The highest BCUT2D eigenvalue weighted by atomic mass is 32.1. The highest BCUT2D eigenvalue weighted by Crippen LogP contribution is 2.22. The summed E-state index contributed by atoms with van der Waals surface area (Å²) < 4.78 is 0. The van der Waals surface area contributed by atoms with Gasteiger partial charge in [0.25, 0.3) is 0 Å². The van der Waals surface area contributed by atoms with Gasteiger partial charge in [-0.2, -0.15) is 0 Å². The van der Waals surface area contributed by atoms with E-state index in [4.69, 9.17) is 0 Å². The van der Waals surface area contributed by atoms with Gasteiger partial charge in [0.2, 0.25) is 0 Å². The van der Waals surface area contributed by atoms with Gasteiger partial charge in [0.1, 0.15) is 0 Å². The van der Waals surface area contributed by atoms with Gasteiger partial charge in [0, 0.05) is 11.4 Å². The normalized spacial score (nSPS) is 12.5. The Kier molecular flexibility index (Phi) is 6.12. The third-order valence-corrected chi connectivity index (χ3v) is 4.34. The van der Waals surface area contributed by atoms with Crippen molar-refractivity contribution in [1.29, 1.82) is 0 Å². The van der Waals surface area contributed by atoms with Crippen molar-refractivity contribution in [3.63, 3.8) is 0 Å². The van der Waals surface area contributed by atoms with Crippen LogP contribution in [-0.2, 0) is 6.42 Å². The van der Waals surface area contributed by atoms with Gasteiger partial charge in [-0.15, -0.1) is 11.3 Å². The second kappa shape index (κ2) is 8.13. The molecule has 1 heterocycles. The minimum Gasteiger partial charge on any atom is -0.316 e. The predicted octanol–water partition coefficient (Wildman–Crippen LogP) is 4.46. The van der Waals surface area contributed by atoms with Crippen LogP contribution in [0.3, 0.4) is 0 Å². The molecule has 0 aliphatic rings. The molecular weight excluding hydrogens is 250 g/mol. The third kappa shape index (κ3) is 4.81. The summed E-state index contributed by atoms with van der Waals surface area (Å²) in [6.07, 6.45) is 3.61. The molecule has 0 spiro atoms. The van der Waals surface area contributed by atoms with Crippen molar-refractivity contribution < 1.29 is 0 Å². The molecular formula is C17H23NS. The van der Waals surface area contributed by atoms with Crippen molar-refractivity contribution in [3.8, 4) is 0 Å². The summed E-state index contributed by atoms with van der Waals surface area (Å²) in [7, 11) is 0. The molecule has 1 N–H and O–H groups in total. The van der Waals surface area contributed by atoms with E-state index in [2.05, 4.69) is 60.1 Å². The molecule has 0 bridgehead atoms. The van der Waals surface area contributed by atoms with Crippen molar-refractivity contribution in [2.24, 2.45) is 0 Å². The minimum atomic E-state index is 0.620. The van der Waals surface area contributed by atoms with Crippen LogP contribution in [0.4, 0.5) is 0 Å². The Morgan fingerprint density at radius 2 is 1.95 bits per heavy atom. The molecule has 0 saturated heterocycles. The second-order valence-corrected chi connectivity index (χ2v) is 5.96. The van der Waals surface area contributed by atoms with E-state index in [9.17, 15) is 0 Å². The van der Waals surface area contributed by atoms with Crippen molar-refractivity contribution in [2.75, 3.05) is 13.1 Å². The third-order valence-electron chi connectivity index (χ3n) is 3.41. The summed E-state index contributed by atoms with van der Waals surface area (Å²) in [6.45, 7) is 4.42. The van der Waals surface area contributed by atoms with Crippen molar-refractivity contribution in [2.45, 2.75) is 32.1 Å². The van der Waals surface area contributed by atoms with Gasteiger partial charge in [-0.3, -0.25) is 0 Å². The zero-order valence-corrected chi connectivity index (χ0v) is 12.5. The largest absolute Gasteiger partial charge is 0.316 e. The van der Waals surface area contributed by atoms with Gasteiger partial charge in [0.05, 0.1) is 0 Å². The molecule has 1 unspecified atom stereocenters. The van der Waals surface area contributed by atoms with Crippen LogP contribution in [0.25, 0.3) is 0 Å². The minimum absolute atomic E-state index is 0.620. The fourth-order valence-electron chi connectivity index (χ4n) is 2.34. The Morgan fingerprint density at radius 3 is 2.63 bits per heavy atom. The number of aryl methyl sites for hydroxylation is 1. The molecule has 1 atom stereocenters. The topological polar surface area (TPSA) is 12.0 Å². The fraction of sp³-hybridized carbons (Fsp3) is 0.412. The van der Waals surface area contributed by atoms with Gasteiger partial charge in [-0.05, 0) is 48.7 Å². The average molecular weight is 273 g/mol. The standard InChI is InChI=1S/C17H23NS/c1-2-12-18-14-16(15-7-4-3-5-8-15)10-11-17-9-6-13-19-17/h3-9,13,16,18H,2,10-12,14H2,1H3. The van der Waals surface area contributed by atoms with Crippen molar-refractivity contribution >= 4 is 11.3 Å². The number of benzene rings is 1. The summed E-state index contributed by atoms with van der Waals surface area (Å²) >= 11 is 1.87. The Bertz CT molecular complexity index is 436. The lowest BCUT2D eigenvalue weighted by Gasteiger charge is -2.17. The fourth-order valence-corrected chi connectivity index (χ4v) is 3.06. The van der Waals surface area contributed by atoms with Gasteiger partial charge >= 0.3 is 0 Å². The maximum Gasteiger partial charge on any atom is 0.00454 e. The van der Waals surface area contributed by atoms with E-state index < -0.39 is 0 Å². The Balaban J connectivity index is 1.93. The van der Waals surface area contributed by atoms with Crippen LogP contribution >= 0.6 is 11.3 Å². The summed E-state index contributed by atoms with van der Waals surface area (Å²) in [5, 5.41) is 5.74. The molecule has 1 aromatic carbocycles. The molecule has 0 fully saturated rings. The maximum atomic E-state index is 3.57. The maximum absolute atomic E-state index is 3.57. The molecule has 19 heavy (non-hydrogen) atoms. The molecule has 1 nitrogen and oxygen atoms in total. The Morgan fingerprint density at radius 1 is 1.11 bits per heavy atom. The molecule has 0 amide bonds. The number of thiophene rings is 1. The Labute approximate surface area is 120 Å². The quantitative estimate of drug-likeness (QED) is 0.700. The Hall–Kier alpha value is -1.12. The molecule has 102 valence electrons. The van der Waals surface area contributed by atoms with Crippen LogP contribution in [0, 0.1) is 0 Å². The van der Waals surface area contributed by atoms with Gasteiger partial charge in [0.15, 0.2) is 0 Å². The lowest BCUT2D eigenvalue weighted by Crippen LogP contribution is -2.22. The molecule has 2 rings (SSSR count). The lowest BCUT2D eigenvalue weighted by molar-refractivity contribution is 0.550. The van der Waals surface area contributed by atoms with Crippen molar-refractivity contribution in [1.82, 2.24) is 5.32 Å². The number of nitrogens with one attached hydrogen (secondary N) is 1. The van der Waals surface area contributed by atoms with E-state index in [1.165, 1.54) is 29.7 Å². The highest BCUT2D eigenvalue weighted by molar-refractivity contribution is 7.09. The summed E-state index contributed by atoms with van der Waals surface area (Å²) in [6, 6.07) is 15.3. The number of hydrogen-bond acceptors (Lipinski definition) is 2. The molecule has 0 saturated carbocycles. The molecule has 2 heteroatoms. The van der Waals surface area contributed by atoms with E-state index in [1.807, 2.05) is 11.3 Å². The van der Waals surface area contributed by atoms with Crippen LogP contribution in [-0.4, -0.2) is 13.1 Å². The first-order valence-electron chi connectivity index (χ1n) is 7.18. The van der Waals surface area contributed by atoms with E-state index in [1.54, 1.807) is 0 Å². The molecule has 0 radical (unpaired) electrons. The van der Waals surface area contributed by atoms with Gasteiger partial charge in [-0.25, -0.2) is 0 Å². The summed E-state index contributed by atoms with van der Waals surface area (Å²) in [5.41, 5.74) is 1.46. The summed E-state index contributed by atoms with van der Waals surface area (Å²) in [5.74, 6) is 0.620. The monoisotopic (exact) mass is 273 g/mol. The zero-order valence-electron chi connectivity index (χ0n) is 11.6. The van der Waals surface area contributed by atoms with E-state index >= 15 is 0 Å². The van der Waals surface area contributed by atoms with Crippen LogP contribution in [0.1, 0.15) is 36.1 Å². The second-order valence-electron chi connectivity index (χ2n) is 4.93. The van der Waals surface area contributed by atoms with Crippen LogP contribution < -0.4 is 5.32 Å². The predicted molar refractivity (Wildman–Crippen MR) is 85.0 cm³/mol. The smallest absolute Gasteiger partial charge is 0.00454 e. The molecule has 0 aliphatic carbocycles. The van der Waals surface area contributed by atoms with Crippen LogP contribution in [0.2, 0.25) is 0 Å². The summed E-state index contributed by atoms with van der Waals surface area (Å²) in [4.78, 5) is 1.50.